The third-order valence-corrected chi connectivity index (χ3v) is 5.80. The maximum Gasteiger partial charge on any atom is 0.260 e. The minimum atomic E-state index is -0.881. The van der Waals surface area contributed by atoms with Gasteiger partial charge in [0.05, 0.1) is 31.5 Å². The summed E-state index contributed by atoms with van der Waals surface area (Å²) < 4.78 is 11.3. The van der Waals surface area contributed by atoms with Crippen LogP contribution < -0.4 is 4.74 Å². The second-order valence-corrected chi connectivity index (χ2v) is 8.94. The normalized spacial score (nSPS) is 26.8. The van der Waals surface area contributed by atoms with Gasteiger partial charge >= 0.3 is 0 Å². The van der Waals surface area contributed by atoms with E-state index in [-0.39, 0.29) is 24.0 Å². The molecule has 0 saturated carbocycles. The molecule has 0 unspecified atom stereocenters. The van der Waals surface area contributed by atoms with Crippen molar-refractivity contribution in [3.8, 4) is 5.75 Å². The van der Waals surface area contributed by atoms with Gasteiger partial charge in [-0.3, -0.25) is 9.69 Å². The van der Waals surface area contributed by atoms with Gasteiger partial charge in [0.2, 0.25) is 0 Å². The molecule has 29 heavy (non-hydrogen) atoms. The van der Waals surface area contributed by atoms with Crippen LogP contribution in [0.5, 0.6) is 5.75 Å². The van der Waals surface area contributed by atoms with Gasteiger partial charge in [-0.05, 0) is 23.5 Å². The zero-order valence-corrected chi connectivity index (χ0v) is 17.7. The Morgan fingerprint density at radius 1 is 1.17 bits per heavy atom. The van der Waals surface area contributed by atoms with Crippen LogP contribution >= 0.6 is 0 Å². The first-order valence-corrected chi connectivity index (χ1v) is 10.5. The number of nitrogens with zero attached hydrogens (tertiary/aromatic N) is 2. The Morgan fingerprint density at radius 2 is 1.86 bits per heavy atom. The molecule has 3 atom stereocenters. The zero-order valence-electron chi connectivity index (χ0n) is 17.7. The number of ether oxygens (including phenoxy) is 2. The molecule has 0 radical (unpaired) electrons. The summed E-state index contributed by atoms with van der Waals surface area (Å²) in [6.07, 6.45) is -1.37. The van der Waals surface area contributed by atoms with Crippen LogP contribution in [0.3, 0.4) is 0 Å². The molecule has 0 bridgehead atoms. The standard InChI is InChI=1S/C22H34N2O5/c1-22(2,3)16-6-4-5-7-19(16)29-15-20(26)24-9-8-18(25)21(27)17(14-24)23-10-12-28-13-11-23/h4-7,17-18,21,25,27H,8-15H2,1-3H3/t17-,18-,21+/m1/s1. The van der Waals surface area contributed by atoms with E-state index in [0.717, 1.165) is 5.56 Å². The number of benzene rings is 1. The van der Waals surface area contributed by atoms with Crippen molar-refractivity contribution in [1.29, 1.82) is 0 Å². The second-order valence-electron chi connectivity index (χ2n) is 8.94. The third-order valence-electron chi connectivity index (χ3n) is 5.80. The molecule has 0 spiro atoms. The van der Waals surface area contributed by atoms with E-state index < -0.39 is 12.2 Å². The topological polar surface area (TPSA) is 82.5 Å². The molecule has 2 fully saturated rings. The summed E-state index contributed by atoms with van der Waals surface area (Å²) in [7, 11) is 0. The summed E-state index contributed by atoms with van der Waals surface area (Å²) in [5.74, 6) is 0.584. The fourth-order valence-corrected chi connectivity index (χ4v) is 4.05. The summed E-state index contributed by atoms with van der Waals surface area (Å²) in [5.41, 5.74) is 0.971. The molecule has 2 aliphatic heterocycles. The van der Waals surface area contributed by atoms with E-state index in [1.165, 1.54) is 0 Å². The molecule has 0 aromatic heterocycles. The highest BCUT2D eigenvalue weighted by atomic mass is 16.5. The van der Waals surface area contributed by atoms with Crippen LogP contribution in [0.2, 0.25) is 0 Å². The predicted molar refractivity (Wildman–Crippen MR) is 110 cm³/mol. The van der Waals surface area contributed by atoms with Gasteiger partial charge in [0, 0.05) is 26.2 Å². The van der Waals surface area contributed by atoms with Crippen molar-refractivity contribution in [2.24, 2.45) is 0 Å². The summed E-state index contributed by atoms with van der Waals surface area (Å²) in [6.45, 7) is 9.63. The average molecular weight is 407 g/mol. The van der Waals surface area contributed by atoms with Gasteiger partial charge < -0.3 is 24.6 Å². The lowest BCUT2D eigenvalue weighted by atomic mass is 9.86. The Hall–Kier alpha value is -1.67. The largest absolute Gasteiger partial charge is 0.483 e. The maximum atomic E-state index is 12.9. The van der Waals surface area contributed by atoms with Crippen LogP contribution in [0.1, 0.15) is 32.8 Å². The van der Waals surface area contributed by atoms with Crippen LogP contribution in [0.25, 0.3) is 0 Å². The van der Waals surface area contributed by atoms with Gasteiger partial charge in [-0.15, -0.1) is 0 Å². The van der Waals surface area contributed by atoms with Gasteiger partial charge in [-0.1, -0.05) is 39.0 Å². The number of likely N-dealkylation sites (tertiary alicyclic amines) is 1. The molecule has 2 heterocycles. The third kappa shape index (κ3) is 5.48. The molecule has 162 valence electrons. The lowest BCUT2D eigenvalue weighted by Crippen LogP contribution is -2.55. The number of rotatable bonds is 4. The van der Waals surface area contributed by atoms with Crippen molar-refractivity contribution in [2.75, 3.05) is 46.0 Å². The van der Waals surface area contributed by atoms with Gasteiger partial charge in [0.15, 0.2) is 6.61 Å². The number of amides is 1. The molecule has 1 aromatic rings. The van der Waals surface area contributed by atoms with Crippen molar-refractivity contribution >= 4 is 5.91 Å². The van der Waals surface area contributed by atoms with Crippen LogP contribution in [0.4, 0.5) is 0 Å². The minimum Gasteiger partial charge on any atom is -0.483 e. The molecule has 1 amide bonds. The quantitative estimate of drug-likeness (QED) is 0.777. The van der Waals surface area contributed by atoms with E-state index in [4.69, 9.17) is 9.47 Å². The molecular weight excluding hydrogens is 372 g/mol. The van der Waals surface area contributed by atoms with Crippen LogP contribution in [0, 0.1) is 0 Å². The van der Waals surface area contributed by atoms with E-state index >= 15 is 0 Å². The monoisotopic (exact) mass is 406 g/mol. The van der Waals surface area contributed by atoms with Crippen molar-refractivity contribution in [3.63, 3.8) is 0 Å². The number of carbonyl (C=O) groups excluding carboxylic acids is 1. The van der Waals surface area contributed by atoms with E-state index in [1.54, 1.807) is 4.90 Å². The Labute approximate surface area is 173 Å². The molecule has 2 aliphatic rings. The first-order chi connectivity index (χ1) is 13.8. The Kier molecular flexibility index (Phi) is 7.16. The number of hydrogen-bond acceptors (Lipinski definition) is 6. The highest BCUT2D eigenvalue weighted by Crippen LogP contribution is 2.31. The maximum absolute atomic E-state index is 12.9. The summed E-state index contributed by atoms with van der Waals surface area (Å²) in [4.78, 5) is 16.7. The first kappa shape index (κ1) is 22.0. The Morgan fingerprint density at radius 3 is 2.55 bits per heavy atom. The van der Waals surface area contributed by atoms with E-state index in [1.807, 2.05) is 24.3 Å². The van der Waals surface area contributed by atoms with Crippen LogP contribution in [-0.2, 0) is 14.9 Å². The highest BCUT2D eigenvalue weighted by molar-refractivity contribution is 5.78. The van der Waals surface area contributed by atoms with E-state index in [2.05, 4.69) is 25.7 Å². The van der Waals surface area contributed by atoms with E-state index in [9.17, 15) is 15.0 Å². The van der Waals surface area contributed by atoms with Crippen molar-refractivity contribution in [2.45, 2.75) is 50.9 Å². The molecular formula is C22H34N2O5. The highest BCUT2D eigenvalue weighted by Gasteiger charge is 2.37. The zero-order chi connectivity index (χ0) is 21.0. The smallest absolute Gasteiger partial charge is 0.260 e. The Bertz CT molecular complexity index is 684. The summed E-state index contributed by atoms with van der Waals surface area (Å²) >= 11 is 0. The first-order valence-electron chi connectivity index (χ1n) is 10.5. The van der Waals surface area contributed by atoms with Gasteiger partial charge in [0.1, 0.15) is 5.75 Å². The lowest BCUT2D eigenvalue weighted by Gasteiger charge is -2.38. The number of hydrogen-bond donors (Lipinski definition) is 2. The lowest BCUT2D eigenvalue weighted by molar-refractivity contribution is -0.134. The predicted octanol–water partition coefficient (Wildman–Crippen LogP) is 1.02. The molecule has 2 N–H and O–H groups in total. The fraction of sp³-hybridized carbons (Fsp3) is 0.682. The number of carbonyl (C=O) groups is 1. The fourth-order valence-electron chi connectivity index (χ4n) is 4.05. The number of aliphatic hydroxyl groups excluding tert-OH is 2. The Balaban J connectivity index is 1.67. The van der Waals surface area contributed by atoms with Gasteiger partial charge in [0.25, 0.3) is 5.91 Å². The molecule has 0 aliphatic carbocycles. The SMILES string of the molecule is CC(C)(C)c1ccccc1OCC(=O)N1CC[C@@H](O)[C@@H](O)[C@H](N2CCOCC2)C1. The van der Waals surface area contributed by atoms with E-state index in [0.29, 0.717) is 51.6 Å². The average Bonchev–Trinajstić information content (AvgIpc) is 2.86. The summed E-state index contributed by atoms with van der Waals surface area (Å²) in [5, 5.41) is 20.9. The van der Waals surface area contributed by atoms with Crippen LogP contribution in [-0.4, -0.2) is 90.2 Å². The van der Waals surface area contributed by atoms with Crippen molar-refractivity contribution in [1.82, 2.24) is 9.80 Å². The second kappa shape index (κ2) is 9.43. The van der Waals surface area contributed by atoms with Gasteiger partial charge in [-0.25, -0.2) is 0 Å². The van der Waals surface area contributed by atoms with Crippen molar-refractivity contribution in [3.05, 3.63) is 29.8 Å². The summed E-state index contributed by atoms with van der Waals surface area (Å²) in [6, 6.07) is 7.48. The van der Waals surface area contributed by atoms with Gasteiger partial charge in [-0.2, -0.15) is 0 Å². The molecule has 7 nitrogen and oxygen atoms in total. The number of morpholine rings is 1. The number of aliphatic hydroxyl groups is 2. The molecule has 3 rings (SSSR count). The number of para-hydroxylation sites is 1. The molecule has 7 heteroatoms. The molecule has 2 saturated heterocycles. The van der Waals surface area contributed by atoms with Crippen molar-refractivity contribution < 1.29 is 24.5 Å². The minimum absolute atomic E-state index is 0.0604. The van der Waals surface area contributed by atoms with Crippen LogP contribution in [0.15, 0.2) is 24.3 Å². The molecule has 1 aromatic carbocycles.